The van der Waals surface area contributed by atoms with Crippen LogP contribution in [0.4, 0.5) is 0 Å². The third-order valence-corrected chi connectivity index (χ3v) is 6.21. The molecule has 0 aromatic heterocycles. The summed E-state index contributed by atoms with van der Waals surface area (Å²) in [4.78, 5) is 0. The van der Waals surface area contributed by atoms with Crippen LogP contribution in [-0.2, 0) is 28.4 Å². The normalized spacial score (nSPS) is 50.3. The molecule has 0 radical (unpaired) electrons. The molecule has 3 rings (SSSR count). The van der Waals surface area contributed by atoms with Gasteiger partial charge < -0.3 is 74.4 Å². The van der Waals surface area contributed by atoms with Crippen molar-refractivity contribution in [2.45, 2.75) is 92.4 Å². The van der Waals surface area contributed by atoms with Gasteiger partial charge in [-0.2, -0.15) is 0 Å². The Kier molecular flexibility index (Phi) is 9.95. The van der Waals surface area contributed by atoms with Gasteiger partial charge in [-0.1, -0.05) is 0 Å². The lowest BCUT2D eigenvalue weighted by Crippen LogP contribution is -2.62. The van der Waals surface area contributed by atoms with Crippen molar-refractivity contribution >= 4 is 0 Å². The monoisotopic (exact) mass is 502 g/mol. The van der Waals surface area contributed by atoms with Crippen LogP contribution in [0.15, 0.2) is 0 Å². The largest absolute Gasteiger partial charge is 0.394 e. The minimum absolute atomic E-state index is 0.0246. The molecule has 0 spiro atoms. The number of hydrogen-bond donors (Lipinski definition) is 9. The minimum Gasteiger partial charge on any atom is -0.394 e. The highest BCUT2D eigenvalue weighted by Gasteiger charge is 2.49. The Morgan fingerprint density at radius 3 is 1.71 bits per heavy atom. The fourth-order valence-electron chi connectivity index (χ4n) is 4.07. The molecular weight excluding hydrogens is 468 g/mol. The number of ether oxygens (including phenoxy) is 6. The van der Waals surface area contributed by atoms with E-state index in [1.807, 2.05) is 0 Å². The van der Waals surface area contributed by atoms with E-state index in [9.17, 15) is 46.0 Å². The number of rotatable bonds is 8. The van der Waals surface area contributed by atoms with Crippen molar-refractivity contribution in [2.24, 2.45) is 0 Å². The van der Waals surface area contributed by atoms with E-state index >= 15 is 0 Å². The van der Waals surface area contributed by atoms with Crippen LogP contribution in [-0.4, -0.2) is 159 Å². The van der Waals surface area contributed by atoms with Crippen molar-refractivity contribution in [2.75, 3.05) is 26.9 Å². The molecule has 15 nitrogen and oxygen atoms in total. The summed E-state index contributed by atoms with van der Waals surface area (Å²) in [5.74, 6) is 0. The van der Waals surface area contributed by atoms with Crippen LogP contribution in [0, 0.1) is 0 Å². The highest BCUT2D eigenvalue weighted by molar-refractivity contribution is 4.92. The molecule has 14 atom stereocenters. The third-order valence-electron chi connectivity index (χ3n) is 6.21. The molecule has 0 aromatic rings. The second-order valence-corrected chi connectivity index (χ2v) is 8.47. The average molecular weight is 502 g/mol. The van der Waals surface area contributed by atoms with Gasteiger partial charge in [0, 0.05) is 13.5 Å². The van der Waals surface area contributed by atoms with E-state index in [2.05, 4.69) is 0 Å². The van der Waals surface area contributed by atoms with Gasteiger partial charge in [-0.3, -0.25) is 0 Å². The predicted octanol–water partition coefficient (Wildman–Crippen LogP) is -5.89. The maximum absolute atomic E-state index is 10.8. The van der Waals surface area contributed by atoms with Gasteiger partial charge in [-0.05, 0) is 0 Å². The number of methoxy groups -OCH3 is 1. The fraction of sp³-hybridized carbons (Fsp3) is 1.00. The summed E-state index contributed by atoms with van der Waals surface area (Å²) < 4.78 is 32.4. The van der Waals surface area contributed by atoms with Crippen molar-refractivity contribution in [3.05, 3.63) is 0 Å². The highest BCUT2D eigenvalue weighted by atomic mass is 16.7. The molecule has 3 heterocycles. The van der Waals surface area contributed by atoms with E-state index in [0.29, 0.717) is 0 Å². The molecule has 0 aliphatic carbocycles. The van der Waals surface area contributed by atoms with Gasteiger partial charge in [0.1, 0.15) is 61.0 Å². The summed E-state index contributed by atoms with van der Waals surface area (Å²) in [6.07, 6.45) is -19.7. The lowest BCUT2D eigenvalue weighted by Gasteiger charge is -2.44. The quantitative estimate of drug-likeness (QED) is 0.150. The van der Waals surface area contributed by atoms with Gasteiger partial charge in [0.05, 0.1) is 25.9 Å². The number of hydrogen-bond acceptors (Lipinski definition) is 15. The summed E-state index contributed by atoms with van der Waals surface area (Å²) in [5, 5.41) is 89.3. The van der Waals surface area contributed by atoms with E-state index in [4.69, 9.17) is 28.4 Å². The Labute approximate surface area is 194 Å². The lowest BCUT2D eigenvalue weighted by atomic mass is 9.98. The Bertz CT molecular complexity index is 623. The molecule has 3 aliphatic rings. The van der Waals surface area contributed by atoms with Crippen LogP contribution in [0.3, 0.4) is 0 Å². The first-order chi connectivity index (χ1) is 16.1. The smallest absolute Gasteiger partial charge is 0.187 e. The standard InChI is InChI=1S/C19H34O15/c1-29-10-2-6(32-19-17(28)15(26)13(24)8(4-21)34-19)11(22)9(31-10)5-30-18-16(27)14(25)12(23)7(3-20)33-18/h6-28H,2-5H2,1H3/t6-,7-,8-,9-,10+,11+,12-,13-,14+,15+,16+,17+,18+,19+/m1/s1. The molecular formula is C19H34O15. The topological polar surface area (TPSA) is 237 Å². The summed E-state index contributed by atoms with van der Waals surface area (Å²) >= 11 is 0. The molecule has 34 heavy (non-hydrogen) atoms. The maximum atomic E-state index is 10.8. The molecule has 0 bridgehead atoms. The van der Waals surface area contributed by atoms with E-state index in [1.165, 1.54) is 7.11 Å². The second kappa shape index (κ2) is 12.1. The Hall–Kier alpha value is -0.600. The Balaban J connectivity index is 1.64. The molecule has 3 aliphatic heterocycles. The third kappa shape index (κ3) is 5.86. The summed E-state index contributed by atoms with van der Waals surface area (Å²) in [6, 6.07) is 0. The molecule has 200 valence electrons. The summed E-state index contributed by atoms with van der Waals surface area (Å²) in [5.41, 5.74) is 0. The van der Waals surface area contributed by atoms with Crippen molar-refractivity contribution in [3.8, 4) is 0 Å². The van der Waals surface area contributed by atoms with E-state index in [1.54, 1.807) is 0 Å². The van der Waals surface area contributed by atoms with Gasteiger partial charge in [-0.15, -0.1) is 0 Å². The van der Waals surface area contributed by atoms with Gasteiger partial charge in [0.15, 0.2) is 18.9 Å². The summed E-state index contributed by atoms with van der Waals surface area (Å²) in [6.45, 7) is -1.70. The number of aliphatic hydroxyl groups is 9. The van der Waals surface area contributed by atoms with Crippen LogP contribution in [0.25, 0.3) is 0 Å². The van der Waals surface area contributed by atoms with E-state index in [-0.39, 0.29) is 6.42 Å². The summed E-state index contributed by atoms with van der Waals surface area (Å²) in [7, 11) is 1.34. The minimum atomic E-state index is -1.68. The van der Waals surface area contributed by atoms with Crippen LogP contribution in [0.2, 0.25) is 0 Å². The predicted molar refractivity (Wildman–Crippen MR) is 105 cm³/mol. The molecule has 0 saturated carbocycles. The zero-order chi connectivity index (χ0) is 25.2. The lowest BCUT2D eigenvalue weighted by molar-refractivity contribution is -0.345. The highest BCUT2D eigenvalue weighted by Crippen LogP contribution is 2.30. The molecule has 3 saturated heterocycles. The zero-order valence-corrected chi connectivity index (χ0v) is 18.4. The van der Waals surface area contributed by atoms with Crippen LogP contribution in [0.1, 0.15) is 6.42 Å². The maximum Gasteiger partial charge on any atom is 0.187 e. The van der Waals surface area contributed by atoms with Crippen molar-refractivity contribution in [1.29, 1.82) is 0 Å². The van der Waals surface area contributed by atoms with Gasteiger partial charge >= 0.3 is 0 Å². The number of aliphatic hydroxyl groups excluding tert-OH is 9. The second-order valence-electron chi connectivity index (χ2n) is 8.47. The van der Waals surface area contributed by atoms with Gasteiger partial charge in [0.25, 0.3) is 0 Å². The van der Waals surface area contributed by atoms with Crippen molar-refractivity contribution in [3.63, 3.8) is 0 Å². The first kappa shape index (κ1) is 28.0. The molecule has 9 N–H and O–H groups in total. The van der Waals surface area contributed by atoms with Crippen molar-refractivity contribution in [1.82, 2.24) is 0 Å². The SMILES string of the molecule is CO[C@@H]1C[C@@H](O[C@H]2O[C@H](CO)[C@@H](O)[C@H](O)[C@@H]2O)[C@H](O)[C@@H](CO[C@H]2O[C@H](CO)[C@@H](O)[C@H](O)[C@@H]2O)O1. The van der Waals surface area contributed by atoms with E-state index in [0.717, 1.165) is 0 Å². The average Bonchev–Trinajstić information content (AvgIpc) is 2.84. The first-order valence-electron chi connectivity index (χ1n) is 10.9. The first-order valence-corrected chi connectivity index (χ1v) is 10.9. The van der Waals surface area contributed by atoms with Crippen LogP contribution >= 0.6 is 0 Å². The molecule has 0 amide bonds. The Morgan fingerprint density at radius 2 is 1.18 bits per heavy atom. The van der Waals surface area contributed by atoms with Gasteiger partial charge in [0.2, 0.25) is 0 Å². The van der Waals surface area contributed by atoms with Gasteiger partial charge in [-0.25, -0.2) is 0 Å². The van der Waals surface area contributed by atoms with E-state index < -0.39 is 106 Å². The molecule has 15 heteroatoms. The Morgan fingerprint density at radius 1 is 0.647 bits per heavy atom. The molecule has 3 fully saturated rings. The molecule has 0 unspecified atom stereocenters. The fourth-order valence-corrected chi connectivity index (χ4v) is 4.07. The van der Waals surface area contributed by atoms with Crippen molar-refractivity contribution < 1.29 is 74.4 Å². The van der Waals surface area contributed by atoms with Crippen LogP contribution in [0.5, 0.6) is 0 Å². The van der Waals surface area contributed by atoms with Crippen LogP contribution < -0.4 is 0 Å². The molecule has 0 aromatic carbocycles. The zero-order valence-electron chi connectivity index (χ0n) is 18.4.